The molecule has 0 bridgehead atoms. The highest BCUT2D eigenvalue weighted by Crippen LogP contribution is 2.31. The van der Waals surface area contributed by atoms with Gasteiger partial charge in [-0.2, -0.15) is 0 Å². The highest BCUT2D eigenvalue weighted by Gasteiger charge is 2.21. The van der Waals surface area contributed by atoms with E-state index in [-0.39, 0.29) is 6.04 Å². The Labute approximate surface area is 174 Å². The molecule has 1 fully saturated rings. The van der Waals surface area contributed by atoms with Crippen LogP contribution in [-0.2, 0) is 13.1 Å². The molecule has 0 amide bonds. The summed E-state index contributed by atoms with van der Waals surface area (Å²) in [4.78, 5) is 7.25. The Bertz CT molecular complexity index is 850. The lowest BCUT2D eigenvalue weighted by Crippen LogP contribution is -2.37. The number of benzene rings is 2. The van der Waals surface area contributed by atoms with Crippen LogP contribution in [0.15, 0.2) is 53.5 Å². The number of piperidine rings is 1. The van der Waals surface area contributed by atoms with Gasteiger partial charge in [-0.1, -0.05) is 48.9 Å². The maximum Gasteiger partial charge on any atom is 0.189 e. The maximum absolute atomic E-state index is 6.25. The standard InChI is InChI=1S/C24H32N4O/c1-18-8-6-7-14-28(18)17-20-10-3-2-9-19(20)16-26-24(25)27-22-13-15-29-23-12-5-4-11-21(22)23/h2-5,9-12,18,22H,6-8,13-17H2,1H3,(H3,25,26,27). The van der Waals surface area contributed by atoms with Crippen LogP contribution in [0, 0.1) is 0 Å². The molecule has 2 aromatic rings. The summed E-state index contributed by atoms with van der Waals surface area (Å²) in [5.41, 5.74) is 10.0. The van der Waals surface area contributed by atoms with Crippen molar-refractivity contribution in [1.82, 2.24) is 10.2 Å². The Balaban J connectivity index is 1.41. The Morgan fingerprint density at radius 2 is 1.90 bits per heavy atom. The van der Waals surface area contributed by atoms with E-state index in [9.17, 15) is 0 Å². The van der Waals surface area contributed by atoms with E-state index in [1.807, 2.05) is 18.2 Å². The number of nitrogens with zero attached hydrogens (tertiary/aromatic N) is 2. The Hall–Kier alpha value is -2.53. The highest BCUT2D eigenvalue weighted by atomic mass is 16.5. The lowest BCUT2D eigenvalue weighted by molar-refractivity contribution is 0.152. The fraction of sp³-hybridized carbons (Fsp3) is 0.458. The molecule has 0 radical (unpaired) electrons. The van der Waals surface area contributed by atoms with Crippen LogP contribution in [-0.4, -0.2) is 30.1 Å². The van der Waals surface area contributed by atoms with Crippen LogP contribution in [0.4, 0.5) is 0 Å². The van der Waals surface area contributed by atoms with E-state index in [0.29, 0.717) is 25.2 Å². The second-order valence-corrected chi connectivity index (χ2v) is 8.16. The van der Waals surface area contributed by atoms with Gasteiger partial charge < -0.3 is 15.8 Å². The lowest BCUT2D eigenvalue weighted by Gasteiger charge is -2.33. The summed E-state index contributed by atoms with van der Waals surface area (Å²) in [5.74, 6) is 1.43. The molecule has 2 aliphatic heterocycles. The first-order valence-electron chi connectivity index (χ1n) is 10.8. The van der Waals surface area contributed by atoms with Crippen molar-refractivity contribution in [3.63, 3.8) is 0 Å². The fourth-order valence-corrected chi connectivity index (χ4v) is 4.36. The van der Waals surface area contributed by atoms with Crippen molar-refractivity contribution in [2.45, 2.75) is 57.8 Å². The number of fused-ring (bicyclic) bond motifs is 1. The number of likely N-dealkylation sites (tertiary alicyclic amines) is 1. The molecule has 4 rings (SSSR count). The largest absolute Gasteiger partial charge is 0.493 e. The van der Waals surface area contributed by atoms with E-state index in [0.717, 1.165) is 24.3 Å². The van der Waals surface area contributed by atoms with E-state index in [1.54, 1.807) is 0 Å². The molecule has 2 aromatic carbocycles. The summed E-state index contributed by atoms with van der Waals surface area (Å²) in [5, 5.41) is 3.39. The molecule has 154 valence electrons. The van der Waals surface area contributed by atoms with Crippen molar-refractivity contribution in [3.05, 3.63) is 65.2 Å². The van der Waals surface area contributed by atoms with Crippen LogP contribution in [0.5, 0.6) is 5.75 Å². The molecule has 0 aromatic heterocycles. The number of hydrogen-bond donors (Lipinski definition) is 2. The molecule has 0 spiro atoms. The SMILES string of the molecule is CC1CCCCN1Cc1ccccc1CN=C(N)NC1CCOc2ccccc21. The van der Waals surface area contributed by atoms with Gasteiger partial charge in [0.15, 0.2) is 5.96 Å². The molecular formula is C24H32N4O. The number of ether oxygens (including phenoxy) is 1. The number of guanidine groups is 1. The van der Waals surface area contributed by atoms with Crippen molar-refractivity contribution in [3.8, 4) is 5.75 Å². The van der Waals surface area contributed by atoms with Gasteiger partial charge in [0.05, 0.1) is 19.2 Å². The normalized spacial score (nSPS) is 22.6. The topological polar surface area (TPSA) is 62.9 Å². The minimum atomic E-state index is 0.146. The Kier molecular flexibility index (Phi) is 6.35. The van der Waals surface area contributed by atoms with E-state index in [1.165, 1.54) is 36.9 Å². The third-order valence-electron chi connectivity index (χ3n) is 6.13. The number of nitrogens with one attached hydrogen (secondary N) is 1. The average molecular weight is 393 g/mol. The molecule has 1 saturated heterocycles. The predicted octanol–water partition coefficient (Wildman–Crippen LogP) is 3.99. The third kappa shape index (κ3) is 4.91. The van der Waals surface area contributed by atoms with Gasteiger partial charge in [0.1, 0.15) is 5.75 Å². The fourth-order valence-electron chi connectivity index (χ4n) is 4.36. The van der Waals surface area contributed by atoms with E-state index < -0.39 is 0 Å². The zero-order valence-electron chi connectivity index (χ0n) is 17.3. The monoisotopic (exact) mass is 392 g/mol. The first-order chi connectivity index (χ1) is 14.2. The molecule has 0 saturated carbocycles. The minimum absolute atomic E-state index is 0.146. The molecule has 2 unspecified atom stereocenters. The second kappa shape index (κ2) is 9.31. The second-order valence-electron chi connectivity index (χ2n) is 8.16. The number of nitrogens with two attached hydrogens (primary N) is 1. The van der Waals surface area contributed by atoms with Crippen molar-refractivity contribution < 1.29 is 4.74 Å². The molecule has 29 heavy (non-hydrogen) atoms. The highest BCUT2D eigenvalue weighted by molar-refractivity contribution is 5.78. The predicted molar refractivity (Wildman–Crippen MR) is 118 cm³/mol. The molecule has 0 aliphatic carbocycles. The van der Waals surface area contributed by atoms with Gasteiger partial charge >= 0.3 is 0 Å². The summed E-state index contributed by atoms with van der Waals surface area (Å²) < 4.78 is 5.74. The maximum atomic E-state index is 6.25. The van der Waals surface area contributed by atoms with Gasteiger partial charge in [0.2, 0.25) is 0 Å². The van der Waals surface area contributed by atoms with Gasteiger partial charge in [0.25, 0.3) is 0 Å². The molecule has 2 atom stereocenters. The van der Waals surface area contributed by atoms with Gasteiger partial charge in [0, 0.05) is 24.6 Å². The van der Waals surface area contributed by atoms with Crippen LogP contribution >= 0.6 is 0 Å². The Morgan fingerprint density at radius 1 is 1.10 bits per heavy atom. The van der Waals surface area contributed by atoms with Gasteiger partial charge in [-0.3, -0.25) is 4.90 Å². The number of aliphatic imine (C=N–C) groups is 1. The summed E-state index contributed by atoms with van der Waals surface area (Å²) in [6.45, 7) is 5.81. The molecule has 5 heteroatoms. The molecule has 2 aliphatic rings. The van der Waals surface area contributed by atoms with Crippen LogP contribution in [0.3, 0.4) is 0 Å². The van der Waals surface area contributed by atoms with E-state index in [4.69, 9.17) is 10.5 Å². The van der Waals surface area contributed by atoms with Crippen molar-refractivity contribution in [2.75, 3.05) is 13.2 Å². The summed E-state index contributed by atoms with van der Waals surface area (Å²) in [6.07, 6.45) is 4.83. The van der Waals surface area contributed by atoms with Crippen molar-refractivity contribution in [1.29, 1.82) is 0 Å². The molecular weight excluding hydrogens is 360 g/mol. The van der Waals surface area contributed by atoms with Crippen molar-refractivity contribution >= 4 is 5.96 Å². The van der Waals surface area contributed by atoms with Crippen molar-refractivity contribution in [2.24, 2.45) is 10.7 Å². The zero-order valence-corrected chi connectivity index (χ0v) is 17.3. The van der Waals surface area contributed by atoms with Gasteiger partial charge in [-0.15, -0.1) is 0 Å². The Morgan fingerprint density at radius 3 is 2.76 bits per heavy atom. The number of hydrogen-bond acceptors (Lipinski definition) is 3. The first kappa shape index (κ1) is 19.8. The van der Waals surface area contributed by atoms with Gasteiger partial charge in [-0.25, -0.2) is 4.99 Å². The average Bonchev–Trinajstić information content (AvgIpc) is 2.75. The van der Waals surface area contributed by atoms with Crippen LogP contribution in [0.2, 0.25) is 0 Å². The van der Waals surface area contributed by atoms with Crippen LogP contribution < -0.4 is 15.8 Å². The minimum Gasteiger partial charge on any atom is -0.493 e. The molecule has 3 N–H and O–H groups in total. The van der Waals surface area contributed by atoms with E-state index >= 15 is 0 Å². The summed E-state index contributed by atoms with van der Waals surface area (Å²) in [7, 11) is 0. The van der Waals surface area contributed by atoms with Crippen LogP contribution in [0.1, 0.15) is 55.3 Å². The smallest absolute Gasteiger partial charge is 0.189 e. The number of rotatable bonds is 5. The first-order valence-corrected chi connectivity index (χ1v) is 10.8. The quantitative estimate of drug-likeness (QED) is 0.597. The van der Waals surface area contributed by atoms with Gasteiger partial charge in [-0.05, 0) is 43.5 Å². The molecule has 2 heterocycles. The molecule has 5 nitrogen and oxygen atoms in total. The third-order valence-corrected chi connectivity index (χ3v) is 6.13. The number of para-hydroxylation sites is 1. The van der Waals surface area contributed by atoms with E-state index in [2.05, 4.69) is 52.5 Å². The zero-order chi connectivity index (χ0) is 20.1. The lowest BCUT2D eigenvalue weighted by atomic mass is 10.0. The summed E-state index contributed by atoms with van der Waals surface area (Å²) >= 11 is 0. The van der Waals surface area contributed by atoms with Crippen LogP contribution in [0.25, 0.3) is 0 Å². The summed E-state index contributed by atoms with van der Waals surface area (Å²) in [6, 6.07) is 17.5.